The van der Waals surface area contributed by atoms with Gasteiger partial charge in [0.15, 0.2) is 0 Å². The number of aliphatic hydroxyl groups excluding tert-OH is 1. The van der Waals surface area contributed by atoms with Gasteiger partial charge in [-0.15, -0.1) is 0 Å². The van der Waals surface area contributed by atoms with Crippen molar-refractivity contribution >= 4 is 0 Å². The monoisotopic (exact) mass is 319 g/mol. The lowest BCUT2D eigenvalue weighted by atomic mass is 9.89. The highest BCUT2D eigenvalue weighted by atomic mass is 16.3. The van der Waals surface area contributed by atoms with Gasteiger partial charge in [0, 0.05) is 19.1 Å². The predicted octanol–water partition coefficient (Wildman–Crippen LogP) is 2.19. The highest BCUT2D eigenvalue weighted by molar-refractivity contribution is 5.16. The third-order valence-corrected chi connectivity index (χ3v) is 5.06. The number of nitrogens with one attached hydrogen (secondary N) is 2. The minimum atomic E-state index is -0.392. The number of likely N-dealkylation sites (N-methyl/N-ethyl adjacent to an activating group) is 1. The number of hydrazine groups is 1. The molecule has 0 heterocycles. The summed E-state index contributed by atoms with van der Waals surface area (Å²) >= 11 is 0. The quantitative estimate of drug-likeness (QED) is 0.611. The summed E-state index contributed by atoms with van der Waals surface area (Å²) in [6.45, 7) is 1.70. The predicted molar refractivity (Wildman–Crippen MR) is 96.2 cm³/mol. The van der Waals surface area contributed by atoms with Gasteiger partial charge in [-0.25, -0.2) is 5.01 Å². The molecule has 4 nitrogen and oxygen atoms in total. The molecule has 0 aromatic heterocycles. The van der Waals surface area contributed by atoms with Crippen LogP contribution in [0, 0.1) is 5.92 Å². The van der Waals surface area contributed by atoms with Crippen LogP contribution in [0.15, 0.2) is 30.3 Å². The van der Waals surface area contributed by atoms with Crippen molar-refractivity contribution in [2.24, 2.45) is 5.92 Å². The third kappa shape index (κ3) is 6.22. The van der Waals surface area contributed by atoms with E-state index in [0.29, 0.717) is 6.54 Å². The Kier molecular flexibility index (Phi) is 8.03. The van der Waals surface area contributed by atoms with Crippen molar-refractivity contribution in [1.82, 2.24) is 15.8 Å². The van der Waals surface area contributed by atoms with Crippen LogP contribution in [-0.2, 0) is 6.42 Å². The first-order valence-corrected chi connectivity index (χ1v) is 9.04. The molecular weight excluding hydrogens is 286 g/mol. The van der Waals surface area contributed by atoms with Gasteiger partial charge in [0.1, 0.15) is 0 Å². The third-order valence-electron chi connectivity index (χ3n) is 5.06. The van der Waals surface area contributed by atoms with Gasteiger partial charge in [-0.1, -0.05) is 49.6 Å². The van der Waals surface area contributed by atoms with Gasteiger partial charge in [-0.2, -0.15) is 0 Å². The van der Waals surface area contributed by atoms with E-state index >= 15 is 0 Å². The first-order valence-electron chi connectivity index (χ1n) is 9.04. The van der Waals surface area contributed by atoms with E-state index in [9.17, 15) is 5.11 Å². The standard InChI is InChI=1S/C19H33N3O/c1-20-18(13-16-9-5-3-6-10-16)19(23)15-22(21-2)14-17-11-7-4-8-12-17/h3,5-6,9-10,17-21,23H,4,7-8,11-15H2,1-2H3/t18?,19-/m0/s1. The van der Waals surface area contributed by atoms with Crippen LogP contribution in [0.1, 0.15) is 37.7 Å². The van der Waals surface area contributed by atoms with Crippen LogP contribution in [0.25, 0.3) is 0 Å². The fourth-order valence-corrected chi connectivity index (χ4v) is 3.59. The van der Waals surface area contributed by atoms with Crippen LogP contribution < -0.4 is 10.7 Å². The molecule has 130 valence electrons. The lowest BCUT2D eigenvalue weighted by Gasteiger charge is -2.32. The Morgan fingerprint density at radius 2 is 1.83 bits per heavy atom. The van der Waals surface area contributed by atoms with Crippen molar-refractivity contribution < 1.29 is 5.11 Å². The number of hydrogen-bond acceptors (Lipinski definition) is 4. The Hall–Kier alpha value is -0.940. The smallest absolute Gasteiger partial charge is 0.0837 e. The molecule has 1 unspecified atom stereocenters. The zero-order valence-corrected chi connectivity index (χ0v) is 14.7. The second-order valence-corrected chi connectivity index (χ2v) is 6.78. The normalized spacial score (nSPS) is 19.0. The summed E-state index contributed by atoms with van der Waals surface area (Å²) in [5.74, 6) is 0.769. The van der Waals surface area contributed by atoms with Crippen molar-refractivity contribution in [3.8, 4) is 0 Å². The Morgan fingerprint density at radius 3 is 2.43 bits per heavy atom. The molecule has 0 saturated heterocycles. The van der Waals surface area contributed by atoms with E-state index in [1.54, 1.807) is 0 Å². The molecule has 1 aromatic carbocycles. The molecule has 23 heavy (non-hydrogen) atoms. The van der Waals surface area contributed by atoms with Gasteiger partial charge in [-0.05, 0) is 44.8 Å². The largest absolute Gasteiger partial charge is 0.390 e. The van der Waals surface area contributed by atoms with E-state index in [1.807, 2.05) is 20.2 Å². The lowest BCUT2D eigenvalue weighted by Crippen LogP contribution is -2.50. The maximum Gasteiger partial charge on any atom is 0.0837 e. The van der Waals surface area contributed by atoms with Crippen LogP contribution in [0.3, 0.4) is 0 Å². The average Bonchev–Trinajstić information content (AvgIpc) is 2.60. The minimum absolute atomic E-state index is 0.0691. The molecule has 1 aromatic rings. The van der Waals surface area contributed by atoms with Gasteiger partial charge in [0.25, 0.3) is 0 Å². The zero-order valence-electron chi connectivity index (χ0n) is 14.7. The summed E-state index contributed by atoms with van der Waals surface area (Å²) in [4.78, 5) is 0. The van der Waals surface area contributed by atoms with E-state index in [1.165, 1.54) is 37.7 Å². The van der Waals surface area contributed by atoms with Crippen molar-refractivity contribution in [3.05, 3.63) is 35.9 Å². The number of benzene rings is 1. The van der Waals surface area contributed by atoms with E-state index < -0.39 is 6.10 Å². The minimum Gasteiger partial charge on any atom is -0.390 e. The summed E-state index contributed by atoms with van der Waals surface area (Å²) in [5.41, 5.74) is 4.53. The SMILES string of the molecule is CNC(Cc1ccccc1)[C@@H](O)CN(CC1CCCCC1)NC. The Labute approximate surface area is 141 Å². The fraction of sp³-hybridized carbons (Fsp3) is 0.684. The molecule has 4 heteroatoms. The van der Waals surface area contributed by atoms with Gasteiger partial charge in [0.2, 0.25) is 0 Å². The van der Waals surface area contributed by atoms with Crippen LogP contribution >= 0.6 is 0 Å². The van der Waals surface area contributed by atoms with Gasteiger partial charge >= 0.3 is 0 Å². The molecule has 1 aliphatic rings. The van der Waals surface area contributed by atoms with Crippen molar-refractivity contribution in [3.63, 3.8) is 0 Å². The van der Waals surface area contributed by atoms with Gasteiger partial charge in [0.05, 0.1) is 6.10 Å². The number of nitrogens with zero attached hydrogens (tertiary/aromatic N) is 1. The van der Waals surface area contributed by atoms with Gasteiger partial charge in [-0.3, -0.25) is 5.43 Å². The maximum atomic E-state index is 10.7. The number of rotatable bonds is 9. The topological polar surface area (TPSA) is 47.5 Å². The Morgan fingerprint density at radius 1 is 1.13 bits per heavy atom. The molecule has 0 radical (unpaired) electrons. The molecule has 1 aliphatic carbocycles. The second-order valence-electron chi connectivity index (χ2n) is 6.78. The molecule has 1 saturated carbocycles. The molecule has 0 aliphatic heterocycles. The Balaban J connectivity index is 1.84. The number of aliphatic hydroxyl groups is 1. The van der Waals surface area contributed by atoms with Crippen molar-refractivity contribution in [1.29, 1.82) is 0 Å². The molecule has 0 bridgehead atoms. The molecule has 1 fully saturated rings. The summed E-state index contributed by atoms with van der Waals surface area (Å²) in [7, 11) is 3.89. The van der Waals surface area contributed by atoms with Gasteiger partial charge < -0.3 is 10.4 Å². The maximum absolute atomic E-state index is 10.7. The van der Waals surface area contributed by atoms with E-state index in [2.05, 4.69) is 40.0 Å². The summed E-state index contributed by atoms with van der Waals surface area (Å²) < 4.78 is 0. The zero-order chi connectivity index (χ0) is 16.5. The van der Waals surface area contributed by atoms with Crippen LogP contribution in [0.5, 0.6) is 0 Å². The molecule has 0 spiro atoms. The second kappa shape index (κ2) is 10.0. The van der Waals surface area contributed by atoms with E-state index in [0.717, 1.165) is 18.9 Å². The van der Waals surface area contributed by atoms with Crippen molar-refractivity contribution in [2.75, 3.05) is 27.2 Å². The van der Waals surface area contributed by atoms with E-state index in [4.69, 9.17) is 0 Å². The first-order chi connectivity index (χ1) is 11.2. The summed E-state index contributed by atoms with van der Waals surface area (Å²) in [6.07, 6.45) is 7.21. The fourth-order valence-electron chi connectivity index (χ4n) is 3.59. The van der Waals surface area contributed by atoms with E-state index in [-0.39, 0.29) is 6.04 Å². The van der Waals surface area contributed by atoms with Crippen LogP contribution in [0.4, 0.5) is 0 Å². The Bertz CT molecular complexity index is 420. The molecule has 0 amide bonds. The molecular formula is C19H33N3O. The average molecular weight is 319 g/mol. The highest BCUT2D eigenvalue weighted by Crippen LogP contribution is 2.24. The highest BCUT2D eigenvalue weighted by Gasteiger charge is 2.23. The van der Waals surface area contributed by atoms with Crippen molar-refractivity contribution in [2.45, 2.75) is 50.7 Å². The molecule has 2 rings (SSSR count). The lowest BCUT2D eigenvalue weighted by molar-refractivity contribution is 0.0501. The molecule has 2 atom stereocenters. The molecule has 3 N–H and O–H groups in total. The summed E-state index contributed by atoms with van der Waals surface area (Å²) in [6, 6.07) is 10.4. The first kappa shape index (κ1) is 18.4. The van der Waals surface area contributed by atoms with Crippen LogP contribution in [0.2, 0.25) is 0 Å². The summed E-state index contributed by atoms with van der Waals surface area (Å²) in [5, 5.41) is 16.1. The van der Waals surface area contributed by atoms with Crippen LogP contribution in [-0.4, -0.2) is 49.4 Å². The number of hydrogen-bond donors (Lipinski definition) is 3.